The number of H-pyrrole nitrogens is 1. The van der Waals surface area contributed by atoms with Crippen LogP contribution in [-0.4, -0.2) is 34.7 Å². The second kappa shape index (κ2) is 8.37. The molecule has 0 bridgehead atoms. The number of carbonyl (C=O) groups is 1. The molecule has 2 unspecified atom stereocenters. The van der Waals surface area contributed by atoms with E-state index in [4.69, 9.17) is 9.47 Å². The van der Waals surface area contributed by atoms with Crippen molar-refractivity contribution in [3.05, 3.63) is 64.8 Å². The van der Waals surface area contributed by atoms with Crippen molar-refractivity contribution in [1.29, 1.82) is 0 Å². The molecule has 1 aromatic heterocycles. The SMILES string of the molecule is Cc1[nH]c2ccc3c(c2c1C(=O)OC1(c2ccccc2)CCCC1)CC1CCCN2CCCCC12O3. The van der Waals surface area contributed by atoms with Gasteiger partial charge in [-0.2, -0.15) is 0 Å². The van der Waals surface area contributed by atoms with Gasteiger partial charge < -0.3 is 14.5 Å². The van der Waals surface area contributed by atoms with Crippen LogP contribution in [0.5, 0.6) is 5.75 Å². The second-order valence-corrected chi connectivity index (χ2v) is 11.5. The van der Waals surface area contributed by atoms with E-state index >= 15 is 0 Å². The zero-order chi connectivity index (χ0) is 24.3. The third-order valence-electron chi connectivity index (χ3n) is 9.52. The zero-order valence-corrected chi connectivity index (χ0v) is 21.3. The molecule has 5 nitrogen and oxygen atoms in total. The Morgan fingerprint density at radius 2 is 1.78 bits per heavy atom. The van der Waals surface area contributed by atoms with Crippen LogP contribution in [-0.2, 0) is 16.8 Å². The minimum absolute atomic E-state index is 0.162. The topological polar surface area (TPSA) is 54.6 Å². The molecular formula is C31H36N2O3. The minimum atomic E-state index is -0.532. The summed E-state index contributed by atoms with van der Waals surface area (Å²) < 4.78 is 13.5. The van der Waals surface area contributed by atoms with Crippen LogP contribution in [0.4, 0.5) is 0 Å². The maximum absolute atomic E-state index is 14.0. The average molecular weight is 485 g/mol. The lowest BCUT2D eigenvalue weighted by molar-refractivity contribution is -0.177. The first kappa shape index (κ1) is 22.4. The summed E-state index contributed by atoms with van der Waals surface area (Å²) in [6.07, 6.45) is 10.9. The summed E-state index contributed by atoms with van der Waals surface area (Å²) >= 11 is 0. The molecule has 1 saturated carbocycles. The lowest BCUT2D eigenvalue weighted by atomic mass is 9.74. The first-order valence-corrected chi connectivity index (χ1v) is 14.0. The van der Waals surface area contributed by atoms with Gasteiger partial charge in [0.25, 0.3) is 0 Å². The highest BCUT2D eigenvalue weighted by Crippen LogP contribution is 2.50. The van der Waals surface area contributed by atoms with E-state index < -0.39 is 5.60 Å². The smallest absolute Gasteiger partial charge is 0.341 e. The van der Waals surface area contributed by atoms with Gasteiger partial charge in [-0.1, -0.05) is 30.3 Å². The molecule has 2 aromatic carbocycles. The largest absolute Gasteiger partial charge is 0.472 e. The summed E-state index contributed by atoms with van der Waals surface area (Å²) in [5, 5.41) is 1.01. The summed E-state index contributed by atoms with van der Waals surface area (Å²) in [6.45, 7) is 4.27. The molecule has 3 aliphatic heterocycles. The van der Waals surface area contributed by atoms with Crippen molar-refractivity contribution in [1.82, 2.24) is 9.88 Å². The fraction of sp³-hybridized carbons (Fsp3) is 0.516. The second-order valence-electron chi connectivity index (χ2n) is 11.5. The first-order valence-electron chi connectivity index (χ1n) is 14.0. The van der Waals surface area contributed by atoms with E-state index in [-0.39, 0.29) is 11.7 Å². The maximum atomic E-state index is 14.0. The number of carbonyl (C=O) groups excluding carboxylic acids is 1. The van der Waals surface area contributed by atoms with Gasteiger partial charge in [0.15, 0.2) is 5.72 Å². The van der Waals surface area contributed by atoms with E-state index in [0.29, 0.717) is 11.5 Å². The average Bonchev–Trinajstić information content (AvgIpc) is 3.51. The number of aryl methyl sites for hydroxylation is 1. The number of aromatic amines is 1. The zero-order valence-electron chi connectivity index (χ0n) is 21.3. The van der Waals surface area contributed by atoms with Crippen molar-refractivity contribution in [3.63, 3.8) is 0 Å². The number of hydrogen-bond acceptors (Lipinski definition) is 4. The minimum Gasteiger partial charge on any atom is -0.472 e. The van der Waals surface area contributed by atoms with Crippen LogP contribution >= 0.6 is 0 Å². The molecule has 3 aromatic rings. The Bertz CT molecular complexity index is 1300. The van der Waals surface area contributed by atoms with Gasteiger partial charge in [0, 0.05) is 47.6 Å². The third-order valence-corrected chi connectivity index (χ3v) is 9.52. The summed E-state index contributed by atoms with van der Waals surface area (Å²) in [6, 6.07) is 14.5. The van der Waals surface area contributed by atoms with E-state index in [1.165, 1.54) is 31.2 Å². The monoisotopic (exact) mass is 484 g/mol. The van der Waals surface area contributed by atoms with Gasteiger partial charge in [-0.25, -0.2) is 4.79 Å². The molecule has 5 heteroatoms. The third kappa shape index (κ3) is 3.28. The number of fused-ring (bicyclic) bond motifs is 3. The molecule has 3 fully saturated rings. The summed E-state index contributed by atoms with van der Waals surface area (Å²) in [4.78, 5) is 20.1. The van der Waals surface area contributed by atoms with E-state index in [2.05, 4.69) is 34.1 Å². The van der Waals surface area contributed by atoms with Gasteiger partial charge in [-0.05, 0) is 82.4 Å². The van der Waals surface area contributed by atoms with Gasteiger partial charge in [-0.3, -0.25) is 4.90 Å². The number of aromatic nitrogens is 1. The summed E-state index contributed by atoms with van der Waals surface area (Å²) in [7, 11) is 0. The molecule has 7 rings (SSSR count). The predicted octanol–water partition coefficient (Wildman–Crippen LogP) is 6.63. The van der Waals surface area contributed by atoms with E-state index in [1.807, 2.05) is 25.1 Å². The number of benzene rings is 2. The fourth-order valence-electron chi connectivity index (χ4n) is 7.83. The molecular weight excluding hydrogens is 448 g/mol. The molecule has 1 spiro atoms. The lowest BCUT2D eigenvalue weighted by Crippen LogP contribution is -2.64. The Kier molecular flexibility index (Phi) is 5.21. The van der Waals surface area contributed by atoms with Crippen LogP contribution < -0.4 is 4.74 Å². The van der Waals surface area contributed by atoms with Crippen molar-refractivity contribution in [2.75, 3.05) is 13.1 Å². The Morgan fingerprint density at radius 1 is 1.00 bits per heavy atom. The summed E-state index contributed by atoms with van der Waals surface area (Å²) in [5.41, 5.74) is 4.19. The number of nitrogens with zero attached hydrogens (tertiary/aromatic N) is 1. The highest BCUT2D eigenvalue weighted by Gasteiger charge is 2.52. The highest BCUT2D eigenvalue weighted by molar-refractivity contribution is 6.07. The Morgan fingerprint density at radius 3 is 2.61 bits per heavy atom. The molecule has 0 amide bonds. The quantitative estimate of drug-likeness (QED) is 0.424. The van der Waals surface area contributed by atoms with E-state index in [9.17, 15) is 4.79 Å². The van der Waals surface area contributed by atoms with Crippen LogP contribution in [0.15, 0.2) is 42.5 Å². The number of ether oxygens (including phenoxy) is 2. The Labute approximate surface area is 213 Å². The molecule has 0 radical (unpaired) electrons. The van der Waals surface area contributed by atoms with Crippen molar-refractivity contribution >= 4 is 16.9 Å². The molecule has 4 heterocycles. The number of esters is 1. The van der Waals surface area contributed by atoms with Gasteiger partial charge in [0.1, 0.15) is 11.4 Å². The van der Waals surface area contributed by atoms with Crippen LogP contribution in [0.3, 0.4) is 0 Å². The Hall–Kier alpha value is -2.79. The fourth-order valence-corrected chi connectivity index (χ4v) is 7.83. The van der Waals surface area contributed by atoms with Gasteiger partial charge in [0.05, 0.1) is 5.56 Å². The number of nitrogens with one attached hydrogen (secondary N) is 1. The number of piperidine rings is 2. The lowest BCUT2D eigenvalue weighted by Gasteiger charge is -2.56. The first-order chi connectivity index (χ1) is 17.6. The molecule has 1 N–H and O–H groups in total. The Balaban J connectivity index is 1.30. The maximum Gasteiger partial charge on any atom is 0.341 e. The van der Waals surface area contributed by atoms with Crippen LogP contribution in [0.25, 0.3) is 10.9 Å². The number of hydrogen-bond donors (Lipinski definition) is 1. The molecule has 36 heavy (non-hydrogen) atoms. The molecule has 1 aliphatic carbocycles. The van der Waals surface area contributed by atoms with Crippen LogP contribution in [0.1, 0.15) is 85.0 Å². The van der Waals surface area contributed by atoms with E-state index in [1.54, 1.807) is 0 Å². The van der Waals surface area contributed by atoms with Crippen LogP contribution in [0.2, 0.25) is 0 Å². The highest BCUT2D eigenvalue weighted by atomic mass is 16.6. The van der Waals surface area contributed by atoms with Gasteiger partial charge in [0.2, 0.25) is 0 Å². The van der Waals surface area contributed by atoms with Crippen molar-refractivity contribution < 1.29 is 14.3 Å². The molecule has 2 saturated heterocycles. The van der Waals surface area contributed by atoms with Crippen molar-refractivity contribution in [2.24, 2.45) is 5.92 Å². The van der Waals surface area contributed by atoms with E-state index in [0.717, 1.165) is 79.5 Å². The number of rotatable bonds is 3. The van der Waals surface area contributed by atoms with Crippen molar-refractivity contribution in [2.45, 2.75) is 82.5 Å². The normalized spacial score (nSPS) is 27.1. The molecule has 2 atom stereocenters. The van der Waals surface area contributed by atoms with Gasteiger partial charge >= 0.3 is 5.97 Å². The standard InChI is InChI=1S/C31H36N2O3/c1-21-27(29(34)36-30(15-5-6-16-30)22-10-3-2-4-11-22)28-24-20-23-12-9-19-33-18-8-7-17-31(23,33)35-26(24)14-13-25(28)32-21/h2-4,10-11,13-14,23,32H,5-9,12,15-20H2,1H3. The summed E-state index contributed by atoms with van der Waals surface area (Å²) in [5.74, 6) is 1.22. The molecule has 4 aliphatic rings. The predicted molar refractivity (Wildman–Crippen MR) is 140 cm³/mol. The van der Waals surface area contributed by atoms with Crippen molar-refractivity contribution in [3.8, 4) is 5.75 Å². The van der Waals surface area contributed by atoms with Crippen LogP contribution in [0, 0.1) is 12.8 Å². The molecule has 188 valence electrons. The van der Waals surface area contributed by atoms with Gasteiger partial charge in [-0.15, -0.1) is 0 Å².